The lowest BCUT2D eigenvalue weighted by molar-refractivity contribution is -0.137. The minimum Gasteiger partial charge on any atom is -0.481 e. The standard InChI is InChI=1S/C12H16N2O3/c1-7(6-10(15)16)11-8-4-2-3-5-9(8)13-12(17)14-11/h7H,2-6H2,1H3,(H,15,16)(H,13,14,17). The van der Waals surface area contributed by atoms with Crippen LogP contribution in [0.25, 0.3) is 0 Å². The first-order chi connectivity index (χ1) is 8.08. The van der Waals surface area contributed by atoms with Crippen LogP contribution in [0.15, 0.2) is 4.79 Å². The maximum atomic E-state index is 11.4. The molecule has 0 saturated carbocycles. The van der Waals surface area contributed by atoms with E-state index in [-0.39, 0.29) is 18.0 Å². The summed E-state index contributed by atoms with van der Waals surface area (Å²) >= 11 is 0. The van der Waals surface area contributed by atoms with Gasteiger partial charge in [0.25, 0.3) is 0 Å². The summed E-state index contributed by atoms with van der Waals surface area (Å²) < 4.78 is 0. The number of fused-ring (bicyclic) bond motifs is 1. The van der Waals surface area contributed by atoms with Crippen LogP contribution in [0.4, 0.5) is 0 Å². The summed E-state index contributed by atoms with van der Waals surface area (Å²) in [4.78, 5) is 28.9. The number of nitrogens with one attached hydrogen (secondary N) is 1. The first-order valence-corrected chi connectivity index (χ1v) is 5.91. The molecule has 0 bridgehead atoms. The van der Waals surface area contributed by atoms with Crippen LogP contribution in [0.5, 0.6) is 0 Å². The van der Waals surface area contributed by atoms with E-state index in [4.69, 9.17) is 5.11 Å². The fourth-order valence-electron chi connectivity index (χ4n) is 2.43. The lowest BCUT2D eigenvalue weighted by Crippen LogP contribution is -2.23. The number of rotatable bonds is 3. The summed E-state index contributed by atoms with van der Waals surface area (Å²) in [5.74, 6) is -1.06. The Balaban J connectivity index is 2.41. The van der Waals surface area contributed by atoms with Crippen LogP contribution in [-0.2, 0) is 17.6 Å². The third-order valence-corrected chi connectivity index (χ3v) is 3.20. The highest BCUT2D eigenvalue weighted by atomic mass is 16.4. The van der Waals surface area contributed by atoms with E-state index in [0.29, 0.717) is 5.69 Å². The number of aromatic nitrogens is 2. The van der Waals surface area contributed by atoms with E-state index in [1.165, 1.54) is 0 Å². The van der Waals surface area contributed by atoms with Crippen LogP contribution in [0.2, 0.25) is 0 Å². The molecule has 0 saturated heterocycles. The molecule has 2 rings (SSSR count). The van der Waals surface area contributed by atoms with Crippen LogP contribution in [0.1, 0.15) is 49.1 Å². The summed E-state index contributed by atoms with van der Waals surface area (Å²) in [6.07, 6.45) is 3.91. The Kier molecular flexibility index (Phi) is 3.26. The van der Waals surface area contributed by atoms with Gasteiger partial charge in [-0.05, 0) is 31.2 Å². The van der Waals surface area contributed by atoms with Gasteiger partial charge >= 0.3 is 11.7 Å². The van der Waals surface area contributed by atoms with E-state index in [1.807, 2.05) is 6.92 Å². The second kappa shape index (κ2) is 4.69. The second-order valence-corrected chi connectivity index (χ2v) is 4.59. The quantitative estimate of drug-likeness (QED) is 0.826. The molecule has 1 aliphatic rings. The molecule has 1 unspecified atom stereocenters. The average Bonchev–Trinajstić information content (AvgIpc) is 2.26. The molecule has 0 aromatic carbocycles. The van der Waals surface area contributed by atoms with Gasteiger partial charge in [-0.15, -0.1) is 0 Å². The maximum absolute atomic E-state index is 11.4. The van der Waals surface area contributed by atoms with E-state index in [2.05, 4.69) is 9.97 Å². The first-order valence-electron chi connectivity index (χ1n) is 5.91. The highest BCUT2D eigenvalue weighted by molar-refractivity contribution is 5.67. The molecule has 17 heavy (non-hydrogen) atoms. The van der Waals surface area contributed by atoms with E-state index in [9.17, 15) is 9.59 Å². The zero-order valence-electron chi connectivity index (χ0n) is 9.82. The second-order valence-electron chi connectivity index (χ2n) is 4.59. The van der Waals surface area contributed by atoms with Gasteiger partial charge in [0.05, 0.1) is 12.1 Å². The molecule has 0 aliphatic heterocycles. The molecule has 5 nitrogen and oxygen atoms in total. The number of carbonyl (C=O) groups is 1. The van der Waals surface area contributed by atoms with Crippen LogP contribution in [0, 0.1) is 0 Å². The molecule has 92 valence electrons. The van der Waals surface area contributed by atoms with Crippen LogP contribution in [-0.4, -0.2) is 21.0 Å². The SMILES string of the molecule is CC(CC(=O)O)c1nc(=O)[nH]c2c1CCCC2. The molecule has 1 aliphatic carbocycles. The smallest absolute Gasteiger partial charge is 0.345 e. The Morgan fingerprint density at radius 1 is 1.47 bits per heavy atom. The van der Waals surface area contributed by atoms with E-state index >= 15 is 0 Å². The minimum atomic E-state index is -0.857. The molecule has 0 radical (unpaired) electrons. The zero-order valence-corrected chi connectivity index (χ0v) is 9.82. The van der Waals surface area contributed by atoms with Crippen molar-refractivity contribution in [1.82, 2.24) is 9.97 Å². The summed E-state index contributed by atoms with van der Waals surface area (Å²) in [5.41, 5.74) is 2.32. The molecule has 2 N–H and O–H groups in total. The van der Waals surface area contributed by atoms with Gasteiger partial charge in [-0.25, -0.2) is 4.79 Å². The van der Waals surface area contributed by atoms with Crippen molar-refractivity contribution in [2.75, 3.05) is 0 Å². The monoisotopic (exact) mass is 236 g/mol. The predicted molar refractivity (Wildman–Crippen MR) is 62.2 cm³/mol. The summed E-state index contributed by atoms with van der Waals surface area (Å²) in [6, 6.07) is 0. The normalized spacial score (nSPS) is 16.3. The number of nitrogens with zero attached hydrogens (tertiary/aromatic N) is 1. The van der Waals surface area contributed by atoms with Gasteiger partial charge in [0.1, 0.15) is 0 Å². The number of hydrogen-bond donors (Lipinski definition) is 2. The predicted octanol–water partition coefficient (Wildman–Crippen LogP) is 1.23. The minimum absolute atomic E-state index is 0.0168. The van der Waals surface area contributed by atoms with Crippen molar-refractivity contribution in [1.29, 1.82) is 0 Å². The van der Waals surface area contributed by atoms with Crippen molar-refractivity contribution in [3.05, 3.63) is 27.4 Å². The molecule has 0 fully saturated rings. The summed E-state index contributed by atoms with van der Waals surface area (Å²) in [6.45, 7) is 1.81. The number of H-pyrrole nitrogens is 1. The Labute approximate surface area is 98.9 Å². The average molecular weight is 236 g/mol. The van der Waals surface area contributed by atoms with Gasteiger partial charge in [-0.1, -0.05) is 6.92 Å². The zero-order chi connectivity index (χ0) is 12.4. The van der Waals surface area contributed by atoms with Crippen molar-refractivity contribution in [2.45, 2.75) is 44.9 Å². The number of aryl methyl sites for hydroxylation is 1. The molecule has 0 amide bonds. The Bertz CT molecular complexity index is 493. The Morgan fingerprint density at radius 3 is 2.88 bits per heavy atom. The lowest BCUT2D eigenvalue weighted by atomic mass is 9.89. The third kappa shape index (κ3) is 2.54. The molecule has 1 aromatic rings. The maximum Gasteiger partial charge on any atom is 0.345 e. The number of hydrogen-bond acceptors (Lipinski definition) is 3. The molecular weight excluding hydrogens is 220 g/mol. The van der Waals surface area contributed by atoms with E-state index in [1.54, 1.807) is 0 Å². The van der Waals surface area contributed by atoms with Gasteiger partial charge in [-0.3, -0.25) is 4.79 Å². The number of aromatic amines is 1. The van der Waals surface area contributed by atoms with Gasteiger partial charge in [0, 0.05) is 11.6 Å². The third-order valence-electron chi connectivity index (χ3n) is 3.20. The Hall–Kier alpha value is -1.65. The van der Waals surface area contributed by atoms with Crippen molar-refractivity contribution in [3.8, 4) is 0 Å². The van der Waals surface area contributed by atoms with Crippen LogP contribution >= 0.6 is 0 Å². The Morgan fingerprint density at radius 2 is 2.18 bits per heavy atom. The molecule has 1 heterocycles. The van der Waals surface area contributed by atoms with Gasteiger partial charge < -0.3 is 10.1 Å². The van der Waals surface area contributed by atoms with Gasteiger partial charge in [-0.2, -0.15) is 4.98 Å². The fourth-order valence-corrected chi connectivity index (χ4v) is 2.43. The van der Waals surface area contributed by atoms with Crippen LogP contribution < -0.4 is 5.69 Å². The highest BCUT2D eigenvalue weighted by Gasteiger charge is 2.21. The molecule has 1 atom stereocenters. The largest absolute Gasteiger partial charge is 0.481 e. The molecular formula is C12H16N2O3. The number of carboxylic acids is 1. The first kappa shape index (κ1) is 11.8. The van der Waals surface area contributed by atoms with Crippen molar-refractivity contribution in [2.24, 2.45) is 0 Å². The number of carboxylic acid groups (broad SMARTS) is 1. The van der Waals surface area contributed by atoms with Crippen molar-refractivity contribution < 1.29 is 9.90 Å². The summed E-state index contributed by atoms with van der Waals surface area (Å²) in [7, 11) is 0. The topological polar surface area (TPSA) is 83.0 Å². The molecule has 0 spiro atoms. The number of aliphatic carboxylic acids is 1. The lowest BCUT2D eigenvalue weighted by Gasteiger charge is -2.20. The summed E-state index contributed by atoms with van der Waals surface area (Å²) in [5, 5.41) is 8.80. The highest BCUT2D eigenvalue weighted by Crippen LogP contribution is 2.26. The fraction of sp³-hybridized carbons (Fsp3) is 0.583. The van der Waals surface area contributed by atoms with E-state index < -0.39 is 5.97 Å². The van der Waals surface area contributed by atoms with E-state index in [0.717, 1.165) is 36.9 Å². The molecule has 5 heteroatoms. The van der Waals surface area contributed by atoms with Crippen molar-refractivity contribution >= 4 is 5.97 Å². The van der Waals surface area contributed by atoms with Crippen LogP contribution in [0.3, 0.4) is 0 Å². The van der Waals surface area contributed by atoms with Gasteiger partial charge in [0.15, 0.2) is 0 Å². The van der Waals surface area contributed by atoms with Gasteiger partial charge in [0.2, 0.25) is 0 Å². The van der Waals surface area contributed by atoms with Crippen molar-refractivity contribution in [3.63, 3.8) is 0 Å². The molecule has 1 aromatic heterocycles.